The maximum atomic E-state index is 16.3. The maximum Gasteiger partial charge on any atom is 0.400 e. The molecule has 0 saturated heterocycles. The fourth-order valence-electron chi connectivity index (χ4n) is 5.97. The Labute approximate surface area is 208 Å². The number of rotatable bonds is 19. The lowest BCUT2D eigenvalue weighted by atomic mass is 9.50. The summed E-state index contributed by atoms with van der Waals surface area (Å²) in [5.74, 6) is -3.90. The van der Waals surface area contributed by atoms with E-state index in [4.69, 9.17) is 0 Å². The summed E-state index contributed by atoms with van der Waals surface area (Å²) in [4.78, 5) is 0. The average molecular weight is 499 g/mol. The minimum atomic E-state index is -4.96. The van der Waals surface area contributed by atoms with Crippen LogP contribution in [0.1, 0.15) is 152 Å². The maximum absolute atomic E-state index is 16.3. The Morgan fingerprint density at radius 1 is 0.529 bits per heavy atom. The highest BCUT2D eigenvalue weighted by molar-refractivity contribution is 5.09. The molecule has 0 amide bonds. The molecule has 0 aliphatic heterocycles. The van der Waals surface area contributed by atoms with Crippen LogP contribution in [0.25, 0.3) is 0 Å². The lowest BCUT2D eigenvalue weighted by Crippen LogP contribution is -2.63. The van der Waals surface area contributed by atoms with Gasteiger partial charge in [-0.3, -0.25) is 0 Å². The van der Waals surface area contributed by atoms with Crippen LogP contribution in [-0.2, 0) is 0 Å². The highest BCUT2D eigenvalue weighted by Crippen LogP contribution is 2.66. The van der Waals surface area contributed by atoms with E-state index >= 15 is 8.78 Å². The van der Waals surface area contributed by atoms with Crippen LogP contribution in [-0.4, -0.2) is 12.1 Å². The van der Waals surface area contributed by atoms with Crippen LogP contribution in [0.4, 0.5) is 22.0 Å². The molecule has 0 rings (SSSR count). The van der Waals surface area contributed by atoms with Crippen molar-refractivity contribution >= 4 is 0 Å². The Morgan fingerprint density at radius 3 is 1.26 bits per heavy atom. The van der Waals surface area contributed by atoms with E-state index < -0.39 is 34.8 Å². The summed E-state index contributed by atoms with van der Waals surface area (Å²) in [5, 5.41) is 0. The molecule has 0 spiro atoms. The first kappa shape index (κ1) is 33.7. The van der Waals surface area contributed by atoms with Gasteiger partial charge in [-0.15, -0.1) is 0 Å². The summed E-state index contributed by atoms with van der Waals surface area (Å²) in [6.45, 7) is 13.4. The summed E-state index contributed by atoms with van der Waals surface area (Å²) < 4.78 is 75.3. The second-order valence-corrected chi connectivity index (χ2v) is 11.7. The van der Waals surface area contributed by atoms with Gasteiger partial charge in [0, 0.05) is 5.41 Å². The number of unbranched alkanes of at least 4 members (excludes halogenated alkanes) is 8. The Bertz CT molecular complexity index is 525. The van der Waals surface area contributed by atoms with Crippen molar-refractivity contribution in [3.05, 3.63) is 0 Å². The van der Waals surface area contributed by atoms with Crippen LogP contribution in [0.3, 0.4) is 0 Å². The fourth-order valence-corrected chi connectivity index (χ4v) is 5.97. The first-order valence-electron chi connectivity index (χ1n) is 14.1. The van der Waals surface area contributed by atoms with Gasteiger partial charge in [0.2, 0.25) is 0 Å². The summed E-state index contributed by atoms with van der Waals surface area (Å²) in [5.41, 5.74) is -5.73. The molecule has 0 nitrogen and oxygen atoms in total. The first-order chi connectivity index (χ1) is 15.6. The molecule has 0 heterocycles. The molecule has 0 aromatic heterocycles. The van der Waals surface area contributed by atoms with Crippen molar-refractivity contribution in [1.29, 1.82) is 0 Å². The van der Waals surface area contributed by atoms with Gasteiger partial charge >= 0.3 is 6.18 Å². The first-order valence-corrected chi connectivity index (χ1v) is 14.1. The number of halogens is 5. The topological polar surface area (TPSA) is 0 Å². The largest absolute Gasteiger partial charge is 0.400 e. The standard InChI is InChI=1S/C29H55F5/c1-9-13-15-17-19-21-24(22-20-18-16-14-10-2)25(5,6)26(7,12-4)28(30,31)27(8,23-11-3)29(32,33)34/h24H,9-23H2,1-8H3. The Kier molecular flexibility index (Phi) is 14.3. The van der Waals surface area contributed by atoms with E-state index in [2.05, 4.69) is 13.8 Å². The molecule has 0 aromatic rings. The Morgan fingerprint density at radius 2 is 0.941 bits per heavy atom. The average Bonchev–Trinajstić information content (AvgIpc) is 2.75. The van der Waals surface area contributed by atoms with Crippen LogP contribution in [0.5, 0.6) is 0 Å². The predicted octanol–water partition coefficient (Wildman–Crippen LogP) is 11.8. The molecular weight excluding hydrogens is 443 g/mol. The third-order valence-corrected chi connectivity index (χ3v) is 9.22. The van der Waals surface area contributed by atoms with Crippen LogP contribution in [0.2, 0.25) is 0 Å². The van der Waals surface area contributed by atoms with Gasteiger partial charge in [0.05, 0.1) is 0 Å². The quantitative estimate of drug-likeness (QED) is 0.123. The molecule has 0 fully saturated rings. The van der Waals surface area contributed by atoms with Gasteiger partial charge in [-0.2, -0.15) is 13.2 Å². The molecule has 0 aliphatic carbocycles. The number of hydrogen-bond donors (Lipinski definition) is 0. The molecule has 34 heavy (non-hydrogen) atoms. The minimum Gasteiger partial charge on any atom is -0.205 e. The van der Waals surface area contributed by atoms with E-state index in [1.165, 1.54) is 6.92 Å². The van der Waals surface area contributed by atoms with Crippen LogP contribution < -0.4 is 0 Å². The van der Waals surface area contributed by atoms with Gasteiger partial charge in [-0.25, -0.2) is 8.78 Å². The number of alkyl halides is 5. The van der Waals surface area contributed by atoms with Crippen molar-refractivity contribution in [2.24, 2.45) is 22.2 Å². The van der Waals surface area contributed by atoms with Crippen molar-refractivity contribution in [3.8, 4) is 0 Å². The van der Waals surface area contributed by atoms with Crippen molar-refractivity contribution in [2.75, 3.05) is 0 Å². The van der Waals surface area contributed by atoms with Gasteiger partial charge in [-0.1, -0.05) is 119 Å². The fraction of sp³-hybridized carbons (Fsp3) is 1.00. The van der Waals surface area contributed by atoms with Crippen LogP contribution >= 0.6 is 0 Å². The molecule has 2 unspecified atom stereocenters. The molecule has 0 radical (unpaired) electrons. The van der Waals surface area contributed by atoms with E-state index in [0.717, 1.165) is 84.0 Å². The lowest BCUT2D eigenvalue weighted by molar-refractivity contribution is -0.342. The normalized spacial score (nSPS) is 17.1. The highest BCUT2D eigenvalue weighted by atomic mass is 19.4. The zero-order chi connectivity index (χ0) is 26.7. The lowest BCUT2D eigenvalue weighted by Gasteiger charge is -2.57. The van der Waals surface area contributed by atoms with Gasteiger partial charge in [0.1, 0.15) is 5.41 Å². The van der Waals surface area contributed by atoms with E-state index in [0.29, 0.717) is 0 Å². The highest BCUT2D eigenvalue weighted by Gasteiger charge is 2.74. The summed E-state index contributed by atoms with van der Waals surface area (Å²) in [7, 11) is 0. The van der Waals surface area contributed by atoms with Crippen LogP contribution in [0.15, 0.2) is 0 Å². The van der Waals surface area contributed by atoms with E-state index in [1.807, 2.05) is 13.8 Å². The van der Waals surface area contributed by atoms with Crippen molar-refractivity contribution < 1.29 is 22.0 Å². The van der Waals surface area contributed by atoms with E-state index in [-0.39, 0.29) is 18.8 Å². The zero-order valence-electron chi connectivity index (χ0n) is 23.6. The van der Waals surface area contributed by atoms with Gasteiger partial charge in [-0.05, 0) is 43.9 Å². The molecule has 206 valence electrons. The Balaban J connectivity index is 6.12. The molecule has 0 aromatic carbocycles. The van der Waals surface area contributed by atoms with Gasteiger partial charge in [0.15, 0.2) is 0 Å². The second-order valence-electron chi connectivity index (χ2n) is 11.7. The van der Waals surface area contributed by atoms with Crippen molar-refractivity contribution in [1.82, 2.24) is 0 Å². The monoisotopic (exact) mass is 498 g/mol. The molecule has 0 saturated carbocycles. The summed E-state index contributed by atoms with van der Waals surface area (Å²) >= 11 is 0. The Hall–Kier alpha value is -0.350. The summed E-state index contributed by atoms with van der Waals surface area (Å²) in [6, 6.07) is 0. The van der Waals surface area contributed by atoms with Crippen LogP contribution in [0, 0.1) is 22.2 Å². The third kappa shape index (κ3) is 7.58. The number of hydrogen-bond acceptors (Lipinski definition) is 0. The second kappa shape index (κ2) is 14.4. The van der Waals surface area contributed by atoms with E-state index in [1.54, 1.807) is 13.8 Å². The van der Waals surface area contributed by atoms with Crippen molar-refractivity contribution in [2.45, 2.75) is 164 Å². The SMILES string of the molecule is CCCCCCCC(CCCCCCC)C(C)(C)C(C)(CC)C(F)(F)C(C)(CCC)C(F)(F)F. The summed E-state index contributed by atoms with van der Waals surface area (Å²) in [6.07, 6.45) is 7.09. The molecule has 0 N–H and O–H groups in total. The van der Waals surface area contributed by atoms with Gasteiger partial charge < -0.3 is 0 Å². The third-order valence-electron chi connectivity index (χ3n) is 9.22. The molecule has 5 heteroatoms. The van der Waals surface area contributed by atoms with Crippen molar-refractivity contribution in [3.63, 3.8) is 0 Å². The predicted molar refractivity (Wildman–Crippen MR) is 136 cm³/mol. The molecular formula is C29H55F5. The molecule has 0 aliphatic rings. The minimum absolute atomic E-state index is 0.0184. The van der Waals surface area contributed by atoms with Gasteiger partial charge in [0.25, 0.3) is 5.92 Å². The van der Waals surface area contributed by atoms with E-state index in [9.17, 15) is 13.2 Å². The smallest absolute Gasteiger partial charge is 0.205 e. The molecule has 2 atom stereocenters. The molecule has 0 bridgehead atoms. The zero-order valence-corrected chi connectivity index (χ0v) is 23.6.